The third-order valence-electron chi connectivity index (χ3n) is 4.84. The van der Waals surface area contributed by atoms with E-state index in [4.69, 9.17) is 0 Å². The van der Waals surface area contributed by atoms with Crippen LogP contribution in [0.3, 0.4) is 0 Å². The third kappa shape index (κ3) is 3.75. The summed E-state index contributed by atoms with van der Waals surface area (Å²) < 4.78 is 1.97. The zero-order valence-corrected chi connectivity index (χ0v) is 16.5. The molecule has 1 fully saturated rings. The fraction of sp³-hybridized carbons (Fsp3) is 0.286. The molecule has 1 saturated heterocycles. The second-order valence-electron chi connectivity index (χ2n) is 6.78. The Morgan fingerprint density at radius 1 is 1.18 bits per heavy atom. The largest absolute Gasteiger partial charge is 0.325 e. The number of hydrogen-bond donors (Lipinski definition) is 1. The Morgan fingerprint density at radius 2 is 1.96 bits per heavy atom. The third-order valence-corrected chi connectivity index (χ3v) is 5.39. The number of para-hydroxylation sites is 2. The quantitative estimate of drug-likeness (QED) is 0.693. The SMILES string of the molecule is CSCc1nc2ccccc2n1CC(=O)Nc1ccc(N2CCCC2=O)cc1. The maximum Gasteiger partial charge on any atom is 0.244 e. The average molecular weight is 395 g/mol. The van der Waals surface area contributed by atoms with Gasteiger partial charge in [0.25, 0.3) is 0 Å². The molecule has 0 radical (unpaired) electrons. The van der Waals surface area contributed by atoms with Gasteiger partial charge >= 0.3 is 0 Å². The first-order chi connectivity index (χ1) is 13.7. The van der Waals surface area contributed by atoms with Crippen molar-refractivity contribution in [3.05, 3.63) is 54.4 Å². The van der Waals surface area contributed by atoms with E-state index < -0.39 is 0 Å². The van der Waals surface area contributed by atoms with Crippen LogP contribution in [0.25, 0.3) is 11.0 Å². The van der Waals surface area contributed by atoms with E-state index in [0.29, 0.717) is 6.42 Å². The average Bonchev–Trinajstić information content (AvgIpc) is 3.27. The lowest BCUT2D eigenvalue weighted by Crippen LogP contribution is -2.23. The Labute approximate surface area is 167 Å². The second-order valence-corrected chi connectivity index (χ2v) is 7.65. The normalized spacial score (nSPS) is 14.0. The highest BCUT2D eigenvalue weighted by molar-refractivity contribution is 7.97. The van der Waals surface area contributed by atoms with Crippen molar-refractivity contribution in [2.24, 2.45) is 0 Å². The Hall–Kier alpha value is -2.80. The molecule has 0 unspecified atom stereocenters. The van der Waals surface area contributed by atoms with Crippen LogP contribution in [0.15, 0.2) is 48.5 Å². The standard InChI is InChI=1S/C21H22N4O2S/c1-28-14-19-23-17-5-2-3-6-18(17)25(19)13-20(26)22-15-8-10-16(11-9-15)24-12-4-7-21(24)27/h2-3,5-6,8-11H,4,7,12-14H2,1H3,(H,22,26). The van der Waals surface area contributed by atoms with Gasteiger partial charge < -0.3 is 14.8 Å². The van der Waals surface area contributed by atoms with E-state index in [1.165, 1.54) is 0 Å². The van der Waals surface area contributed by atoms with Crippen LogP contribution in [0.5, 0.6) is 0 Å². The molecular weight excluding hydrogens is 372 g/mol. The van der Waals surface area contributed by atoms with Gasteiger partial charge in [0, 0.05) is 24.3 Å². The van der Waals surface area contributed by atoms with Crippen molar-refractivity contribution in [2.75, 3.05) is 23.0 Å². The van der Waals surface area contributed by atoms with Gasteiger partial charge in [0.1, 0.15) is 12.4 Å². The number of anilines is 2. The maximum absolute atomic E-state index is 12.6. The minimum absolute atomic E-state index is 0.101. The van der Waals surface area contributed by atoms with Crippen LogP contribution in [0.4, 0.5) is 11.4 Å². The lowest BCUT2D eigenvalue weighted by atomic mass is 10.2. The number of carbonyl (C=O) groups is 2. The summed E-state index contributed by atoms with van der Waals surface area (Å²) in [4.78, 5) is 30.9. The molecular formula is C21H22N4O2S. The first-order valence-corrected chi connectivity index (χ1v) is 10.7. The lowest BCUT2D eigenvalue weighted by molar-refractivity contribution is -0.117. The number of nitrogens with one attached hydrogen (secondary N) is 1. The van der Waals surface area contributed by atoms with E-state index in [0.717, 1.165) is 47.0 Å². The molecule has 28 heavy (non-hydrogen) atoms. The number of hydrogen-bond acceptors (Lipinski definition) is 4. The molecule has 0 aliphatic carbocycles. The molecule has 144 valence electrons. The number of imidazole rings is 1. The van der Waals surface area contributed by atoms with Crippen molar-refractivity contribution in [3.63, 3.8) is 0 Å². The van der Waals surface area contributed by atoms with Gasteiger partial charge in [0.15, 0.2) is 0 Å². The van der Waals surface area contributed by atoms with Crippen molar-refractivity contribution in [1.29, 1.82) is 0 Å². The summed E-state index contributed by atoms with van der Waals surface area (Å²) in [7, 11) is 0. The smallest absolute Gasteiger partial charge is 0.244 e. The lowest BCUT2D eigenvalue weighted by Gasteiger charge is -2.16. The van der Waals surface area contributed by atoms with E-state index in [2.05, 4.69) is 10.3 Å². The van der Waals surface area contributed by atoms with Crippen LogP contribution in [-0.2, 0) is 21.9 Å². The van der Waals surface area contributed by atoms with Gasteiger partial charge in [-0.2, -0.15) is 11.8 Å². The molecule has 0 spiro atoms. The van der Waals surface area contributed by atoms with Crippen molar-refractivity contribution in [2.45, 2.75) is 25.1 Å². The zero-order valence-electron chi connectivity index (χ0n) is 15.7. The summed E-state index contributed by atoms with van der Waals surface area (Å²) in [5, 5.41) is 2.95. The molecule has 1 aliphatic heterocycles. The molecule has 3 aromatic rings. The fourth-order valence-corrected chi connectivity index (χ4v) is 4.01. The molecule has 0 saturated carbocycles. The van der Waals surface area contributed by atoms with Crippen LogP contribution in [0, 0.1) is 0 Å². The predicted octanol–water partition coefficient (Wildman–Crippen LogP) is 3.66. The molecule has 2 aromatic carbocycles. The highest BCUT2D eigenvalue weighted by Crippen LogP contribution is 2.23. The van der Waals surface area contributed by atoms with Crippen LogP contribution < -0.4 is 10.2 Å². The molecule has 7 heteroatoms. The minimum Gasteiger partial charge on any atom is -0.325 e. The van der Waals surface area contributed by atoms with Gasteiger partial charge in [-0.1, -0.05) is 12.1 Å². The van der Waals surface area contributed by atoms with Gasteiger partial charge in [0.05, 0.1) is 16.8 Å². The monoisotopic (exact) mass is 394 g/mol. The summed E-state index contributed by atoms with van der Waals surface area (Å²) >= 11 is 1.68. The molecule has 4 rings (SSSR count). The van der Waals surface area contributed by atoms with E-state index in [1.807, 2.05) is 59.4 Å². The Balaban J connectivity index is 1.48. The van der Waals surface area contributed by atoms with E-state index in [-0.39, 0.29) is 18.4 Å². The Bertz CT molecular complexity index is 1010. The first kappa shape index (κ1) is 18.6. The van der Waals surface area contributed by atoms with Gasteiger partial charge in [-0.15, -0.1) is 0 Å². The van der Waals surface area contributed by atoms with Crippen LogP contribution in [-0.4, -0.2) is 34.2 Å². The van der Waals surface area contributed by atoms with Gasteiger partial charge in [-0.3, -0.25) is 9.59 Å². The topological polar surface area (TPSA) is 67.2 Å². The minimum atomic E-state index is -0.101. The molecule has 1 N–H and O–H groups in total. The number of fused-ring (bicyclic) bond motifs is 1. The summed E-state index contributed by atoms with van der Waals surface area (Å²) in [6, 6.07) is 15.3. The number of carbonyl (C=O) groups excluding carboxylic acids is 2. The van der Waals surface area contributed by atoms with Crippen LogP contribution in [0.1, 0.15) is 18.7 Å². The highest BCUT2D eigenvalue weighted by Gasteiger charge is 2.21. The van der Waals surface area contributed by atoms with E-state index in [1.54, 1.807) is 16.7 Å². The molecule has 1 aliphatic rings. The number of benzene rings is 2. The summed E-state index contributed by atoms with van der Waals surface area (Å²) in [6.07, 6.45) is 3.53. The summed E-state index contributed by atoms with van der Waals surface area (Å²) in [6.45, 7) is 0.971. The molecule has 2 heterocycles. The number of amides is 2. The second kappa shape index (κ2) is 8.06. The van der Waals surface area contributed by atoms with Crippen molar-refractivity contribution in [1.82, 2.24) is 9.55 Å². The summed E-state index contributed by atoms with van der Waals surface area (Å²) in [5.41, 5.74) is 3.46. The highest BCUT2D eigenvalue weighted by atomic mass is 32.2. The molecule has 2 amide bonds. The maximum atomic E-state index is 12.6. The first-order valence-electron chi connectivity index (χ1n) is 9.29. The van der Waals surface area contributed by atoms with Crippen LogP contribution >= 0.6 is 11.8 Å². The van der Waals surface area contributed by atoms with Crippen molar-refractivity contribution in [3.8, 4) is 0 Å². The molecule has 0 atom stereocenters. The molecule has 0 bridgehead atoms. The Kier molecular flexibility index (Phi) is 5.34. The van der Waals surface area contributed by atoms with Crippen molar-refractivity contribution >= 4 is 46.0 Å². The van der Waals surface area contributed by atoms with Crippen LogP contribution in [0.2, 0.25) is 0 Å². The zero-order chi connectivity index (χ0) is 19.5. The fourth-order valence-electron chi connectivity index (χ4n) is 3.53. The van der Waals surface area contributed by atoms with Crippen molar-refractivity contribution < 1.29 is 9.59 Å². The number of nitrogens with zero attached hydrogens (tertiary/aromatic N) is 3. The number of aromatic nitrogens is 2. The predicted molar refractivity (Wildman–Crippen MR) is 114 cm³/mol. The summed E-state index contributed by atoms with van der Waals surface area (Å²) in [5.74, 6) is 1.70. The number of rotatable bonds is 6. The van der Waals surface area contributed by atoms with E-state index in [9.17, 15) is 9.59 Å². The molecule has 6 nitrogen and oxygen atoms in total. The van der Waals surface area contributed by atoms with Gasteiger partial charge in [-0.25, -0.2) is 4.98 Å². The van der Waals surface area contributed by atoms with E-state index >= 15 is 0 Å². The molecule has 1 aromatic heterocycles. The Morgan fingerprint density at radius 3 is 2.68 bits per heavy atom. The van der Waals surface area contributed by atoms with Gasteiger partial charge in [0.2, 0.25) is 11.8 Å². The number of thioether (sulfide) groups is 1. The van der Waals surface area contributed by atoms with Gasteiger partial charge in [-0.05, 0) is 49.1 Å².